The Morgan fingerprint density at radius 2 is 2.27 bits per heavy atom. The van der Waals surface area contributed by atoms with Gasteiger partial charge in [0.05, 0.1) is 17.1 Å². The zero-order valence-electron chi connectivity index (χ0n) is 7.50. The molecule has 4 nitrogen and oxygen atoms in total. The lowest BCUT2D eigenvalue weighted by Crippen LogP contribution is -2.07. The van der Waals surface area contributed by atoms with Crippen LogP contribution in [0.2, 0.25) is 0 Å². The molecule has 1 heterocycles. The summed E-state index contributed by atoms with van der Waals surface area (Å²) >= 11 is 2.95. The first kappa shape index (κ1) is 11.8. The lowest BCUT2D eigenvalue weighted by molar-refractivity contribution is 0.0675. The van der Waals surface area contributed by atoms with Crippen LogP contribution in [0, 0.1) is 0 Å². The lowest BCUT2D eigenvalue weighted by Gasteiger charge is -2.08. The molecule has 7 heteroatoms. The van der Waals surface area contributed by atoms with Crippen LogP contribution in [0.5, 0.6) is 5.88 Å². The maximum Gasteiger partial charge on any atom is 0.355 e. The van der Waals surface area contributed by atoms with E-state index in [0.29, 0.717) is 0 Å². The average molecular weight is 282 g/mol. The zero-order chi connectivity index (χ0) is 11.6. The second-order valence-corrected chi connectivity index (χ2v) is 3.38. The van der Waals surface area contributed by atoms with E-state index in [9.17, 15) is 13.6 Å². The second kappa shape index (κ2) is 4.52. The van der Waals surface area contributed by atoms with Gasteiger partial charge < -0.3 is 9.84 Å². The van der Waals surface area contributed by atoms with Crippen molar-refractivity contribution in [1.29, 1.82) is 0 Å². The van der Waals surface area contributed by atoms with E-state index in [1.54, 1.807) is 0 Å². The van der Waals surface area contributed by atoms with E-state index in [1.165, 1.54) is 7.11 Å². The number of aromatic nitrogens is 1. The van der Waals surface area contributed by atoms with Crippen molar-refractivity contribution in [1.82, 2.24) is 4.98 Å². The molecule has 0 amide bonds. The third-order valence-electron chi connectivity index (χ3n) is 1.60. The Morgan fingerprint density at radius 1 is 1.67 bits per heavy atom. The van der Waals surface area contributed by atoms with Crippen LogP contribution in [0.1, 0.15) is 22.5 Å². The van der Waals surface area contributed by atoms with E-state index >= 15 is 0 Å². The van der Waals surface area contributed by atoms with Crippen LogP contribution in [0.3, 0.4) is 0 Å². The van der Waals surface area contributed by atoms with Crippen molar-refractivity contribution in [3.8, 4) is 5.88 Å². The number of alkyl halides is 2. The van der Waals surface area contributed by atoms with E-state index in [-0.39, 0.29) is 10.4 Å². The molecule has 1 aromatic heterocycles. The molecule has 0 saturated heterocycles. The minimum Gasteiger partial charge on any atom is -0.480 e. The van der Waals surface area contributed by atoms with Crippen LogP contribution in [0.25, 0.3) is 0 Å². The fourth-order valence-electron chi connectivity index (χ4n) is 0.967. The van der Waals surface area contributed by atoms with Gasteiger partial charge in [-0.1, -0.05) is 0 Å². The first-order chi connectivity index (χ1) is 6.97. The number of aromatic carboxylic acids is 1. The number of halogens is 3. The molecule has 1 rings (SSSR count). The monoisotopic (exact) mass is 281 g/mol. The van der Waals surface area contributed by atoms with Gasteiger partial charge in [-0.3, -0.25) is 0 Å². The number of nitrogens with zero attached hydrogens (tertiary/aromatic N) is 1. The molecule has 0 unspecified atom stereocenters. The fourth-order valence-corrected chi connectivity index (χ4v) is 1.46. The summed E-state index contributed by atoms with van der Waals surface area (Å²) in [4.78, 5) is 14.1. The number of ether oxygens (including phenoxy) is 1. The Hall–Kier alpha value is -1.24. The number of carboxylic acids is 1. The number of methoxy groups -OCH3 is 1. The minimum absolute atomic E-state index is 0.0446. The van der Waals surface area contributed by atoms with Crippen molar-refractivity contribution in [2.75, 3.05) is 7.11 Å². The summed E-state index contributed by atoms with van der Waals surface area (Å²) in [6.07, 6.45) is -2.90. The molecule has 0 bridgehead atoms. The van der Waals surface area contributed by atoms with Gasteiger partial charge in [-0.15, -0.1) is 0 Å². The Morgan fingerprint density at radius 3 is 2.67 bits per heavy atom. The summed E-state index contributed by atoms with van der Waals surface area (Å²) in [5, 5.41) is 8.66. The number of pyridine rings is 1. The topological polar surface area (TPSA) is 59.4 Å². The Bertz CT molecular complexity index is 398. The van der Waals surface area contributed by atoms with E-state index < -0.39 is 23.7 Å². The standard InChI is InChI=1S/C8H6BrF2NO3/c1-15-7-4(9)2-3(6(10)11)5(12-7)8(13)14/h2,6H,1H3,(H,13,14). The first-order valence-electron chi connectivity index (χ1n) is 3.73. The first-order valence-corrected chi connectivity index (χ1v) is 4.52. The van der Waals surface area contributed by atoms with Gasteiger partial charge in [-0.25, -0.2) is 18.6 Å². The smallest absolute Gasteiger partial charge is 0.355 e. The summed E-state index contributed by atoms with van der Waals surface area (Å²) in [6.45, 7) is 0. The van der Waals surface area contributed by atoms with Crippen molar-refractivity contribution < 1.29 is 23.4 Å². The van der Waals surface area contributed by atoms with Gasteiger partial charge in [0.1, 0.15) is 0 Å². The van der Waals surface area contributed by atoms with Gasteiger partial charge in [0.15, 0.2) is 5.69 Å². The Kier molecular flexibility index (Phi) is 3.57. The second-order valence-electron chi connectivity index (χ2n) is 2.52. The van der Waals surface area contributed by atoms with E-state index in [2.05, 4.69) is 20.9 Å². The quantitative estimate of drug-likeness (QED) is 0.925. The molecule has 1 N–H and O–H groups in total. The van der Waals surface area contributed by atoms with Crippen LogP contribution in [0.4, 0.5) is 8.78 Å². The van der Waals surface area contributed by atoms with Crippen LogP contribution < -0.4 is 4.74 Å². The molecule has 0 spiro atoms. The van der Waals surface area contributed by atoms with E-state index in [4.69, 9.17) is 9.84 Å². The van der Waals surface area contributed by atoms with Gasteiger partial charge in [-0.05, 0) is 22.0 Å². The average Bonchev–Trinajstić information content (AvgIpc) is 2.16. The number of hydrogen-bond donors (Lipinski definition) is 1. The van der Waals surface area contributed by atoms with E-state index in [1.807, 2.05) is 0 Å². The Balaban J connectivity index is 3.39. The Labute approximate surface area is 92.0 Å². The molecule has 0 aromatic carbocycles. The predicted octanol–water partition coefficient (Wildman–Crippen LogP) is 2.49. The maximum atomic E-state index is 12.4. The molecule has 0 saturated carbocycles. The number of rotatable bonds is 3. The third kappa shape index (κ3) is 2.41. The summed E-state index contributed by atoms with van der Waals surface area (Å²) in [5.74, 6) is -1.56. The maximum absolute atomic E-state index is 12.4. The number of hydrogen-bond acceptors (Lipinski definition) is 3. The molecule has 0 fully saturated rings. The predicted molar refractivity (Wildman–Crippen MR) is 50.4 cm³/mol. The summed E-state index contributed by atoms with van der Waals surface area (Å²) in [5.41, 5.74) is -1.35. The molecule has 0 aliphatic heterocycles. The highest BCUT2D eigenvalue weighted by Gasteiger charge is 2.22. The van der Waals surface area contributed by atoms with Crippen LogP contribution in [0.15, 0.2) is 10.5 Å². The number of carboxylic acid groups (broad SMARTS) is 1. The van der Waals surface area contributed by atoms with Gasteiger partial charge in [-0.2, -0.15) is 0 Å². The summed E-state index contributed by atoms with van der Waals surface area (Å²) < 4.78 is 29.8. The third-order valence-corrected chi connectivity index (χ3v) is 2.17. The molecule has 0 aliphatic rings. The van der Waals surface area contributed by atoms with Crippen LogP contribution >= 0.6 is 15.9 Å². The molecule has 0 atom stereocenters. The molecular formula is C8H6BrF2NO3. The van der Waals surface area contributed by atoms with Crippen molar-refractivity contribution in [2.45, 2.75) is 6.43 Å². The van der Waals surface area contributed by atoms with Crippen LogP contribution in [-0.2, 0) is 0 Å². The highest BCUT2D eigenvalue weighted by Crippen LogP contribution is 2.30. The van der Waals surface area contributed by atoms with Crippen molar-refractivity contribution in [2.24, 2.45) is 0 Å². The lowest BCUT2D eigenvalue weighted by atomic mass is 10.2. The van der Waals surface area contributed by atoms with Gasteiger partial charge in [0.25, 0.3) is 6.43 Å². The molecule has 0 aliphatic carbocycles. The van der Waals surface area contributed by atoms with Gasteiger partial charge in [0, 0.05) is 0 Å². The largest absolute Gasteiger partial charge is 0.480 e. The molecule has 1 aromatic rings. The zero-order valence-corrected chi connectivity index (χ0v) is 9.09. The molecule has 82 valence electrons. The highest BCUT2D eigenvalue weighted by molar-refractivity contribution is 9.10. The SMILES string of the molecule is COc1nc(C(=O)O)c(C(F)F)cc1Br. The summed E-state index contributed by atoms with van der Waals surface area (Å²) in [7, 11) is 1.26. The fraction of sp³-hybridized carbons (Fsp3) is 0.250. The minimum atomic E-state index is -2.90. The van der Waals surface area contributed by atoms with Crippen molar-refractivity contribution in [3.05, 3.63) is 21.8 Å². The molecular weight excluding hydrogens is 276 g/mol. The highest BCUT2D eigenvalue weighted by atomic mass is 79.9. The van der Waals surface area contributed by atoms with Gasteiger partial charge >= 0.3 is 5.97 Å². The van der Waals surface area contributed by atoms with Crippen molar-refractivity contribution >= 4 is 21.9 Å². The summed E-state index contributed by atoms with van der Waals surface area (Å²) in [6, 6.07) is 0.986. The normalized spacial score (nSPS) is 10.5. The molecule has 0 radical (unpaired) electrons. The molecule has 15 heavy (non-hydrogen) atoms. The van der Waals surface area contributed by atoms with E-state index in [0.717, 1.165) is 6.07 Å². The van der Waals surface area contributed by atoms with Crippen molar-refractivity contribution in [3.63, 3.8) is 0 Å². The van der Waals surface area contributed by atoms with Crippen LogP contribution in [-0.4, -0.2) is 23.2 Å². The number of carbonyl (C=O) groups is 1. The van der Waals surface area contributed by atoms with Gasteiger partial charge in [0.2, 0.25) is 5.88 Å².